The zero-order valence-corrected chi connectivity index (χ0v) is 10.9. The van der Waals surface area contributed by atoms with E-state index in [4.69, 9.17) is 5.11 Å². The van der Waals surface area contributed by atoms with Crippen molar-refractivity contribution in [3.05, 3.63) is 0 Å². The zero-order valence-electron chi connectivity index (χ0n) is 10.0. The Morgan fingerprint density at radius 1 is 1.47 bits per heavy atom. The molecule has 2 nitrogen and oxygen atoms in total. The third-order valence-electron chi connectivity index (χ3n) is 3.05. The number of hydrogen-bond acceptors (Lipinski definition) is 3. The number of hydrogen-bond donors (Lipinski definition) is 2. The molecular weight excluding hydrogens is 206 g/mol. The first-order valence-electron chi connectivity index (χ1n) is 6.27. The summed E-state index contributed by atoms with van der Waals surface area (Å²) in [5, 5.41) is 13.9. The minimum Gasteiger partial charge on any atom is -0.396 e. The summed E-state index contributed by atoms with van der Waals surface area (Å²) < 4.78 is 0. The molecule has 2 N–H and O–H groups in total. The van der Waals surface area contributed by atoms with Crippen LogP contribution < -0.4 is 5.32 Å². The molecule has 1 fully saturated rings. The third-order valence-corrected chi connectivity index (χ3v) is 4.67. The van der Waals surface area contributed by atoms with Gasteiger partial charge in [-0.1, -0.05) is 20.3 Å². The summed E-state index contributed by atoms with van der Waals surface area (Å²) in [4.78, 5) is 0. The molecule has 1 aliphatic carbocycles. The Balaban J connectivity index is 2.26. The van der Waals surface area contributed by atoms with Gasteiger partial charge >= 0.3 is 0 Å². The third kappa shape index (κ3) is 4.75. The Bertz CT molecular complexity index is 166. The Morgan fingerprint density at radius 2 is 2.27 bits per heavy atom. The lowest BCUT2D eigenvalue weighted by molar-refractivity contribution is 0.288. The fourth-order valence-corrected chi connectivity index (χ4v) is 3.76. The summed E-state index contributed by atoms with van der Waals surface area (Å²) in [6.07, 6.45) is 6.21. The predicted octanol–water partition coefficient (Wildman–Crippen LogP) is 2.41. The highest BCUT2D eigenvalue weighted by molar-refractivity contribution is 8.00. The number of aliphatic hydroxyl groups is 1. The van der Waals surface area contributed by atoms with Crippen LogP contribution in [0.3, 0.4) is 0 Å². The van der Waals surface area contributed by atoms with Gasteiger partial charge in [0.15, 0.2) is 0 Å². The second kappa shape index (κ2) is 7.53. The van der Waals surface area contributed by atoms with Crippen LogP contribution >= 0.6 is 11.8 Å². The summed E-state index contributed by atoms with van der Waals surface area (Å²) in [5.41, 5.74) is 0. The van der Waals surface area contributed by atoms with Crippen LogP contribution in [0.2, 0.25) is 0 Å². The standard InChI is InChI=1S/C12H25NOS/c1-3-8-13-11-5-4-6-12(11)15-10(2)7-9-14/h10-14H,3-9H2,1-2H3. The highest BCUT2D eigenvalue weighted by Crippen LogP contribution is 2.33. The van der Waals surface area contributed by atoms with Crippen molar-refractivity contribution in [3.8, 4) is 0 Å². The first kappa shape index (κ1) is 13.3. The van der Waals surface area contributed by atoms with Gasteiger partial charge in [-0.2, -0.15) is 11.8 Å². The number of nitrogens with one attached hydrogen (secondary N) is 1. The highest BCUT2D eigenvalue weighted by atomic mass is 32.2. The van der Waals surface area contributed by atoms with Crippen molar-refractivity contribution in [1.29, 1.82) is 0 Å². The first-order chi connectivity index (χ1) is 7.27. The molecule has 90 valence electrons. The van der Waals surface area contributed by atoms with Crippen molar-refractivity contribution in [1.82, 2.24) is 5.32 Å². The van der Waals surface area contributed by atoms with Gasteiger partial charge in [0.25, 0.3) is 0 Å². The van der Waals surface area contributed by atoms with Gasteiger partial charge in [-0.05, 0) is 32.2 Å². The second-order valence-corrected chi connectivity index (χ2v) is 6.17. The van der Waals surface area contributed by atoms with Crippen molar-refractivity contribution < 1.29 is 5.11 Å². The Morgan fingerprint density at radius 3 is 2.93 bits per heavy atom. The maximum Gasteiger partial charge on any atom is 0.0441 e. The van der Waals surface area contributed by atoms with E-state index in [1.54, 1.807) is 0 Å². The number of aliphatic hydroxyl groups excluding tert-OH is 1. The summed E-state index contributed by atoms with van der Waals surface area (Å²) in [5.74, 6) is 0. The van der Waals surface area contributed by atoms with E-state index in [9.17, 15) is 0 Å². The topological polar surface area (TPSA) is 32.3 Å². The summed E-state index contributed by atoms with van der Waals surface area (Å²) >= 11 is 2.07. The fraction of sp³-hybridized carbons (Fsp3) is 1.00. The summed E-state index contributed by atoms with van der Waals surface area (Å²) in [6.45, 7) is 5.93. The molecule has 0 aromatic rings. The van der Waals surface area contributed by atoms with Crippen LogP contribution in [0.15, 0.2) is 0 Å². The van der Waals surface area contributed by atoms with Crippen molar-refractivity contribution >= 4 is 11.8 Å². The molecule has 0 amide bonds. The van der Waals surface area contributed by atoms with Gasteiger partial charge in [0, 0.05) is 23.1 Å². The molecule has 0 saturated heterocycles. The van der Waals surface area contributed by atoms with E-state index in [0.717, 1.165) is 24.3 Å². The summed E-state index contributed by atoms with van der Waals surface area (Å²) in [6, 6.07) is 0.719. The van der Waals surface area contributed by atoms with E-state index in [1.165, 1.54) is 25.7 Å². The lowest BCUT2D eigenvalue weighted by Gasteiger charge is -2.23. The Hall–Kier alpha value is 0.270. The molecule has 0 aromatic heterocycles. The van der Waals surface area contributed by atoms with E-state index >= 15 is 0 Å². The van der Waals surface area contributed by atoms with Crippen LogP contribution in [-0.2, 0) is 0 Å². The lowest BCUT2D eigenvalue weighted by Crippen LogP contribution is -2.35. The molecule has 3 unspecified atom stereocenters. The molecule has 1 rings (SSSR count). The van der Waals surface area contributed by atoms with E-state index in [2.05, 4.69) is 30.9 Å². The van der Waals surface area contributed by atoms with Crippen LogP contribution in [0.5, 0.6) is 0 Å². The highest BCUT2D eigenvalue weighted by Gasteiger charge is 2.28. The quantitative estimate of drug-likeness (QED) is 0.706. The van der Waals surface area contributed by atoms with Gasteiger partial charge in [0.1, 0.15) is 0 Å². The molecule has 0 aromatic carbocycles. The molecular formula is C12H25NOS. The largest absolute Gasteiger partial charge is 0.396 e. The van der Waals surface area contributed by atoms with Gasteiger partial charge in [-0.25, -0.2) is 0 Å². The van der Waals surface area contributed by atoms with Crippen molar-refractivity contribution in [3.63, 3.8) is 0 Å². The molecule has 1 saturated carbocycles. The van der Waals surface area contributed by atoms with E-state index < -0.39 is 0 Å². The monoisotopic (exact) mass is 231 g/mol. The van der Waals surface area contributed by atoms with Crippen molar-refractivity contribution in [2.45, 2.75) is 62.5 Å². The molecule has 0 aliphatic heterocycles. The van der Waals surface area contributed by atoms with Gasteiger partial charge in [-0.3, -0.25) is 0 Å². The maximum absolute atomic E-state index is 8.89. The van der Waals surface area contributed by atoms with Crippen LogP contribution in [0.25, 0.3) is 0 Å². The van der Waals surface area contributed by atoms with Crippen LogP contribution in [0.4, 0.5) is 0 Å². The molecule has 0 spiro atoms. The Labute approximate surface area is 98.2 Å². The van der Waals surface area contributed by atoms with Gasteiger partial charge < -0.3 is 10.4 Å². The van der Waals surface area contributed by atoms with Gasteiger partial charge in [0.05, 0.1) is 0 Å². The lowest BCUT2D eigenvalue weighted by atomic mass is 10.2. The second-order valence-electron chi connectivity index (χ2n) is 4.49. The summed E-state index contributed by atoms with van der Waals surface area (Å²) in [7, 11) is 0. The molecule has 15 heavy (non-hydrogen) atoms. The normalized spacial score (nSPS) is 28.2. The SMILES string of the molecule is CCCNC1CCCC1SC(C)CCO. The minimum atomic E-state index is 0.327. The first-order valence-corrected chi connectivity index (χ1v) is 7.22. The van der Waals surface area contributed by atoms with Gasteiger partial charge in [0.2, 0.25) is 0 Å². The molecule has 0 heterocycles. The van der Waals surface area contributed by atoms with Crippen LogP contribution in [0.1, 0.15) is 46.0 Å². The van der Waals surface area contributed by atoms with E-state index in [0.29, 0.717) is 11.9 Å². The zero-order chi connectivity index (χ0) is 11.1. The smallest absolute Gasteiger partial charge is 0.0441 e. The average molecular weight is 231 g/mol. The Kier molecular flexibility index (Phi) is 6.69. The van der Waals surface area contributed by atoms with Gasteiger partial charge in [-0.15, -0.1) is 0 Å². The number of rotatable bonds is 7. The van der Waals surface area contributed by atoms with Crippen molar-refractivity contribution in [2.24, 2.45) is 0 Å². The average Bonchev–Trinajstić information content (AvgIpc) is 2.63. The number of thioether (sulfide) groups is 1. The fourth-order valence-electron chi connectivity index (χ4n) is 2.20. The predicted molar refractivity (Wildman–Crippen MR) is 68.5 cm³/mol. The molecule has 3 heteroatoms. The van der Waals surface area contributed by atoms with Crippen LogP contribution in [-0.4, -0.2) is 34.8 Å². The molecule has 1 aliphatic rings. The van der Waals surface area contributed by atoms with E-state index in [1.807, 2.05) is 0 Å². The molecule has 0 bridgehead atoms. The van der Waals surface area contributed by atoms with E-state index in [-0.39, 0.29) is 0 Å². The van der Waals surface area contributed by atoms with Crippen LogP contribution in [0, 0.1) is 0 Å². The molecule has 3 atom stereocenters. The minimum absolute atomic E-state index is 0.327. The van der Waals surface area contributed by atoms with Crippen molar-refractivity contribution in [2.75, 3.05) is 13.2 Å². The maximum atomic E-state index is 8.89. The molecule has 0 radical (unpaired) electrons.